The molecule has 90 valence electrons. The van der Waals surface area contributed by atoms with E-state index in [1.807, 2.05) is 35.9 Å². The highest BCUT2D eigenvalue weighted by atomic mass is 16.4. The van der Waals surface area contributed by atoms with Crippen molar-refractivity contribution in [2.24, 2.45) is 0 Å². The van der Waals surface area contributed by atoms with Crippen LogP contribution in [0.25, 0.3) is 5.65 Å². The molecule has 5 heteroatoms. The number of nitrogens with zero attached hydrogens (tertiary/aromatic N) is 3. The maximum atomic E-state index is 10.6. The Morgan fingerprint density at radius 2 is 2.35 bits per heavy atom. The van der Waals surface area contributed by atoms with Gasteiger partial charge in [0.2, 0.25) is 0 Å². The van der Waals surface area contributed by atoms with Gasteiger partial charge in [-0.3, -0.25) is 9.69 Å². The minimum atomic E-state index is -0.826. The molecule has 0 saturated heterocycles. The third kappa shape index (κ3) is 2.62. The number of aliphatic carboxylic acids is 1. The second kappa shape index (κ2) is 4.55. The number of carboxylic acids is 1. The quantitative estimate of drug-likeness (QED) is 0.861. The third-order valence-corrected chi connectivity index (χ3v) is 2.56. The third-order valence-electron chi connectivity index (χ3n) is 2.56. The average molecular weight is 233 g/mol. The Kier molecular flexibility index (Phi) is 3.10. The Bertz CT molecular complexity index is 548. The highest BCUT2D eigenvalue weighted by Gasteiger charge is 2.08. The highest BCUT2D eigenvalue weighted by Crippen LogP contribution is 2.10. The second-order valence-electron chi connectivity index (χ2n) is 4.22. The number of likely N-dealkylation sites (N-methyl/N-ethyl adjacent to an activating group) is 1. The molecule has 2 aromatic heterocycles. The van der Waals surface area contributed by atoms with E-state index in [0.29, 0.717) is 6.54 Å². The van der Waals surface area contributed by atoms with Gasteiger partial charge >= 0.3 is 5.97 Å². The van der Waals surface area contributed by atoms with Gasteiger partial charge in [-0.15, -0.1) is 0 Å². The van der Waals surface area contributed by atoms with Crippen LogP contribution in [0.4, 0.5) is 0 Å². The fourth-order valence-electron chi connectivity index (χ4n) is 1.84. The van der Waals surface area contributed by atoms with E-state index >= 15 is 0 Å². The van der Waals surface area contributed by atoms with Crippen molar-refractivity contribution >= 4 is 11.6 Å². The van der Waals surface area contributed by atoms with E-state index in [4.69, 9.17) is 5.11 Å². The minimum Gasteiger partial charge on any atom is -0.480 e. The Morgan fingerprint density at radius 3 is 3.00 bits per heavy atom. The molecule has 17 heavy (non-hydrogen) atoms. The lowest BCUT2D eigenvalue weighted by Crippen LogP contribution is -2.25. The number of hydrogen-bond acceptors (Lipinski definition) is 3. The Balaban J connectivity index is 2.20. The van der Waals surface area contributed by atoms with Gasteiger partial charge in [-0.1, -0.05) is 6.07 Å². The van der Waals surface area contributed by atoms with Crippen molar-refractivity contribution in [1.29, 1.82) is 0 Å². The van der Waals surface area contributed by atoms with Crippen LogP contribution in [0.1, 0.15) is 11.3 Å². The molecule has 0 aliphatic carbocycles. The normalized spacial score (nSPS) is 11.2. The maximum Gasteiger partial charge on any atom is 0.317 e. The first-order chi connectivity index (χ1) is 8.06. The molecule has 0 aromatic carbocycles. The molecule has 1 N–H and O–H groups in total. The van der Waals surface area contributed by atoms with Gasteiger partial charge in [-0.2, -0.15) is 0 Å². The summed E-state index contributed by atoms with van der Waals surface area (Å²) in [4.78, 5) is 16.8. The number of carbonyl (C=O) groups is 1. The van der Waals surface area contributed by atoms with E-state index in [2.05, 4.69) is 4.98 Å². The predicted molar refractivity (Wildman–Crippen MR) is 63.9 cm³/mol. The van der Waals surface area contributed by atoms with Crippen molar-refractivity contribution in [1.82, 2.24) is 14.3 Å². The molecule has 0 aliphatic heterocycles. The van der Waals surface area contributed by atoms with Crippen LogP contribution in [0.5, 0.6) is 0 Å². The summed E-state index contributed by atoms with van der Waals surface area (Å²) in [5.74, 6) is -0.826. The van der Waals surface area contributed by atoms with E-state index in [1.54, 1.807) is 11.9 Å². The number of imidazole rings is 1. The maximum absolute atomic E-state index is 10.6. The molecule has 2 aromatic rings. The Morgan fingerprint density at radius 1 is 1.59 bits per heavy atom. The molecule has 0 amide bonds. The van der Waals surface area contributed by atoms with Gasteiger partial charge in [0.05, 0.1) is 12.2 Å². The van der Waals surface area contributed by atoms with Crippen molar-refractivity contribution in [3.8, 4) is 0 Å². The molecule has 2 rings (SSSR count). The van der Waals surface area contributed by atoms with Gasteiger partial charge in [0.25, 0.3) is 0 Å². The smallest absolute Gasteiger partial charge is 0.317 e. The van der Waals surface area contributed by atoms with Crippen molar-refractivity contribution in [2.75, 3.05) is 13.6 Å². The van der Waals surface area contributed by atoms with Gasteiger partial charge in [0.15, 0.2) is 0 Å². The van der Waals surface area contributed by atoms with E-state index < -0.39 is 5.97 Å². The lowest BCUT2D eigenvalue weighted by atomic mass is 10.3. The molecular formula is C12H15N3O2. The van der Waals surface area contributed by atoms with E-state index in [0.717, 1.165) is 16.9 Å². The zero-order valence-corrected chi connectivity index (χ0v) is 9.92. The Labute approximate surface area is 99.3 Å². The summed E-state index contributed by atoms with van der Waals surface area (Å²) in [7, 11) is 1.77. The minimum absolute atomic E-state index is 0.0207. The fraction of sp³-hybridized carbons (Fsp3) is 0.333. The van der Waals surface area contributed by atoms with Crippen molar-refractivity contribution in [2.45, 2.75) is 13.5 Å². The highest BCUT2D eigenvalue weighted by molar-refractivity contribution is 5.69. The molecule has 0 bridgehead atoms. The lowest BCUT2D eigenvalue weighted by molar-refractivity contribution is -0.138. The molecule has 0 saturated carbocycles. The largest absolute Gasteiger partial charge is 0.480 e. The molecule has 2 heterocycles. The van der Waals surface area contributed by atoms with Crippen LogP contribution in [-0.2, 0) is 11.3 Å². The summed E-state index contributed by atoms with van der Waals surface area (Å²) in [6.07, 6.45) is 3.87. The van der Waals surface area contributed by atoms with Crippen LogP contribution in [0.15, 0.2) is 24.5 Å². The zero-order valence-electron chi connectivity index (χ0n) is 9.92. The lowest BCUT2D eigenvalue weighted by Gasteiger charge is -2.11. The van der Waals surface area contributed by atoms with Crippen molar-refractivity contribution < 1.29 is 9.90 Å². The number of rotatable bonds is 4. The number of aryl methyl sites for hydroxylation is 1. The standard InChI is InChI=1S/C12H15N3O2/c1-9-4-3-5-15-7-10(13-12(9)15)6-14(2)8-11(16)17/h3-5,7H,6,8H2,1-2H3,(H,16,17). The number of aromatic nitrogens is 2. The number of fused-ring (bicyclic) bond motifs is 1. The topological polar surface area (TPSA) is 57.8 Å². The van der Waals surface area contributed by atoms with Gasteiger partial charge in [-0.25, -0.2) is 4.98 Å². The number of hydrogen-bond donors (Lipinski definition) is 1. The summed E-state index contributed by atoms with van der Waals surface area (Å²) in [6.45, 7) is 2.56. The summed E-state index contributed by atoms with van der Waals surface area (Å²) in [5.41, 5.74) is 2.91. The second-order valence-corrected chi connectivity index (χ2v) is 4.22. The van der Waals surface area contributed by atoms with Crippen LogP contribution < -0.4 is 0 Å². The van der Waals surface area contributed by atoms with Crippen LogP contribution >= 0.6 is 0 Å². The van der Waals surface area contributed by atoms with Gasteiger partial charge in [0.1, 0.15) is 5.65 Å². The number of carboxylic acid groups (broad SMARTS) is 1. The summed E-state index contributed by atoms with van der Waals surface area (Å²) < 4.78 is 1.96. The first-order valence-corrected chi connectivity index (χ1v) is 5.40. The monoisotopic (exact) mass is 233 g/mol. The van der Waals surface area contributed by atoms with Crippen LogP contribution in [0, 0.1) is 6.92 Å². The first-order valence-electron chi connectivity index (χ1n) is 5.40. The summed E-state index contributed by atoms with van der Waals surface area (Å²) >= 11 is 0. The zero-order chi connectivity index (χ0) is 12.4. The molecule has 0 spiro atoms. The van der Waals surface area contributed by atoms with Crippen LogP contribution in [0.2, 0.25) is 0 Å². The van der Waals surface area contributed by atoms with E-state index in [9.17, 15) is 4.79 Å². The van der Waals surface area contributed by atoms with Gasteiger partial charge < -0.3 is 9.51 Å². The number of pyridine rings is 1. The van der Waals surface area contributed by atoms with Crippen LogP contribution in [-0.4, -0.2) is 39.0 Å². The predicted octanol–water partition coefficient (Wildman–Crippen LogP) is 1.16. The molecule has 0 radical (unpaired) electrons. The van der Waals surface area contributed by atoms with E-state index in [-0.39, 0.29) is 6.54 Å². The van der Waals surface area contributed by atoms with E-state index in [1.165, 1.54) is 0 Å². The molecule has 0 aliphatic rings. The van der Waals surface area contributed by atoms with Crippen molar-refractivity contribution in [3.63, 3.8) is 0 Å². The summed E-state index contributed by atoms with van der Waals surface area (Å²) in [5, 5.41) is 8.68. The first kappa shape index (κ1) is 11.6. The van der Waals surface area contributed by atoms with Gasteiger partial charge in [0, 0.05) is 18.9 Å². The Hall–Kier alpha value is -1.88. The molecule has 0 fully saturated rings. The average Bonchev–Trinajstić information content (AvgIpc) is 2.60. The molecular weight excluding hydrogens is 218 g/mol. The SMILES string of the molecule is Cc1cccn2cc(CN(C)CC(=O)O)nc12. The molecule has 5 nitrogen and oxygen atoms in total. The molecule has 0 unspecified atom stereocenters. The summed E-state index contributed by atoms with van der Waals surface area (Å²) in [6, 6.07) is 3.97. The van der Waals surface area contributed by atoms with Crippen molar-refractivity contribution in [3.05, 3.63) is 35.8 Å². The van der Waals surface area contributed by atoms with Crippen LogP contribution in [0.3, 0.4) is 0 Å². The van der Waals surface area contributed by atoms with Gasteiger partial charge in [-0.05, 0) is 25.6 Å². The fourth-order valence-corrected chi connectivity index (χ4v) is 1.84. The molecule has 0 atom stereocenters.